The molecule has 6 nitrogen and oxygen atoms in total. The van der Waals surface area contributed by atoms with Gasteiger partial charge in [0.1, 0.15) is 0 Å². The van der Waals surface area contributed by atoms with Crippen LogP contribution in [0.15, 0.2) is 60.8 Å². The van der Waals surface area contributed by atoms with E-state index in [0.717, 1.165) is 49.7 Å². The Bertz CT molecular complexity index is 1260. The summed E-state index contributed by atoms with van der Waals surface area (Å²) in [6.45, 7) is 2.24. The van der Waals surface area contributed by atoms with Crippen molar-refractivity contribution in [2.45, 2.75) is 83.2 Å². The van der Waals surface area contributed by atoms with E-state index in [2.05, 4.69) is 57.3 Å². The Kier molecular flexibility index (Phi) is 10.2. The van der Waals surface area contributed by atoms with Crippen LogP contribution in [0.1, 0.15) is 87.1 Å². The number of rotatable bonds is 6. The minimum absolute atomic E-state index is 0.194. The molecule has 0 unspecified atom stereocenters. The third kappa shape index (κ3) is 7.48. The van der Waals surface area contributed by atoms with Gasteiger partial charge < -0.3 is 16.0 Å². The lowest BCUT2D eigenvalue weighted by Crippen LogP contribution is -2.41. The number of hydrogen-bond acceptors (Lipinski definition) is 4. The van der Waals surface area contributed by atoms with Crippen LogP contribution in [0.2, 0.25) is 0 Å². The van der Waals surface area contributed by atoms with E-state index < -0.39 is 0 Å². The molecule has 0 saturated heterocycles. The number of benzene rings is 2. The predicted octanol–water partition coefficient (Wildman–Crippen LogP) is 6.00. The number of carbonyl (C=O) groups is 2. The number of carbonyl (C=O) groups excluding carboxylic acids is 2. The molecule has 212 valence electrons. The molecule has 3 N–H and O–H groups in total. The molecule has 2 aromatic carbocycles. The smallest absolute Gasteiger partial charge is 0.223 e. The van der Waals surface area contributed by atoms with Crippen LogP contribution in [0.3, 0.4) is 0 Å². The summed E-state index contributed by atoms with van der Waals surface area (Å²) in [5.74, 6) is 0.912. The van der Waals surface area contributed by atoms with Crippen molar-refractivity contribution in [1.82, 2.24) is 20.9 Å². The van der Waals surface area contributed by atoms with Gasteiger partial charge in [0.15, 0.2) is 0 Å². The van der Waals surface area contributed by atoms with Crippen LogP contribution in [0.5, 0.6) is 0 Å². The highest BCUT2D eigenvalue weighted by atomic mass is 16.2. The standard InChI is InChI=1S/C17H24N2O.C17H20N2O/c2*20-17(14-7-2-1-3-8-14)19-12-16-15-9-5-4-6-13(15)10-11-18-16/h4-6,9,14,16,18H,1-3,7-8,10-12H2,(H,19,20);4-6,9-11,14H,1-3,7-8,12H2,(H,19,20)/t16-;/m0./s1. The van der Waals surface area contributed by atoms with Gasteiger partial charge in [-0.3, -0.25) is 14.6 Å². The largest absolute Gasteiger partial charge is 0.354 e. The minimum atomic E-state index is 0.194. The molecule has 3 aromatic rings. The molecule has 0 bridgehead atoms. The Balaban J connectivity index is 0.000000161. The molecule has 2 aliphatic carbocycles. The summed E-state index contributed by atoms with van der Waals surface area (Å²) in [5.41, 5.74) is 3.72. The average Bonchev–Trinajstić information content (AvgIpc) is 3.03. The van der Waals surface area contributed by atoms with E-state index in [0.29, 0.717) is 13.1 Å². The zero-order valence-corrected chi connectivity index (χ0v) is 23.7. The van der Waals surface area contributed by atoms with Gasteiger partial charge in [-0.15, -0.1) is 0 Å². The van der Waals surface area contributed by atoms with E-state index in [4.69, 9.17) is 0 Å². The second kappa shape index (κ2) is 14.4. The molecule has 1 aromatic heterocycles. The third-order valence-corrected chi connectivity index (χ3v) is 8.83. The topological polar surface area (TPSA) is 83.1 Å². The second-order valence-corrected chi connectivity index (χ2v) is 11.6. The molecule has 6 heteroatoms. The van der Waals surface area contributed by atoms with E-state index in [-0.39, 0.29) is 29.7 Å². The van der Waals surface area contributed by atoms with Crippen molar-refractivity contribution in [2.24, 2.45) is 11.8 Å². The highest BCUT2D eigenvalue weighted by Crippen LogP contribution is 2.26. The van der Waals surface area contributed by atoms with Gasteiger partial charge in [0.25, 0.3) is 0 Å². The van der Waals surface area contributed by atoms with Gasteiger partial charge in [-0.1, -0.05) is 87.1 Å². The predicted molar refractivity (Wildman–Crippen MR) is 161 cm³/mol. The van der Waals surface area contributed by atoms with Gasteiger partial charge in [-0.2, -0.15) is 0 Å². The van der Waals surface area contributed by atoms with Gasteiger partial charge in [0.2, 0.25) is 11.8 Å². The summed E-state index contributed by atoms with van der Waals surface area (Å²) in [7, 11) is 0. The van der Waals surface area contributed by atoms with Gasteiger partial charge in [0.05, 0.1) is 12.2 Å². The maximum atomic E-state index is 12.2. The van der Waals surface area contributed by atoms with Crippen molar-refractivity contribution in [3.63, 3.8) is 0 Å². The third-order valence-electron chi connectivity index (χ3n) is 8.83. The lowest BCUT2D eigenvalue weighted by Gasteiger charge is -2.28. The minimum Gasteiger partial charge on any atom is -0.354 e. The van der Waals surface area contributed by atoms with Gasteiger partial charge >= 0.3 is 0 Å². The zero-order chi connectivity index (χ0) is 27.6. The number of pyridine rings is 1. The first-order valence-corrected chi connectivity index (χ1v) is 15.4. The van der Waals surface area contributed by atoms with Crippen LogP contribution in [0.4, 0.5) is 0 Å². The molecule has 2 fully saturated rings. The molecule has 2 heterocycles. The van der Waals surface area contributed by atoms with E-state index >= 15 is 0 Å². The first kappa shape index (κ1) is 28.3. The molecule has 1 atom stereocenters. The average molecular weight is 541 g/mol. The Hall–Kier alpha value is -3.25. The molecule has 6 rings (SSSR count). The fraction of sp³-hybridized carbons (Fsp3) is 0.500. The number of nitrogens with one attached hydrogen (secondary N) is 3. The van der Waals surface area contributed by atoms with Crippen LogP contribution in [-0.4, -0.2) is 29.9 Å². The molecule has 3 aliphatic rings. The van der Waals surface area contributed by atoms with Gasteiger partial charge in [0, 0.05) is 36.0 Å². The molecule has 0 spiro atoms. The highest BCUT2D eigenvalue weighted by Gasteiger charge is 2.24. The second-order valence-electron chi connectivity index (χ2n) is 11.6. The van der Waals surface area contributed by atoms with Crippen LogP contribution >= 0.6 is 0 Å². The molecule has 2 amide bonds. The van der Waals surface area contributed by atoms with Crippen molar-refractivity contribution >= 4 is 22.6 Å². The first-order chi connectivity index (χ1) is 19.7. The zero-order valence-electron chi connectivity index (χ0n) is 23.7. The van der Waals surface area contributed by atoms with Gasteiger partial charge in [-0.05, 0) is 61.2 Å². The molecule has 0 radical (unpaired) electrons. The van der Waals surface area contributed by atoms with Crippen molar-refractivity contribution in [3.8, 4) is 0 Å². The fourth-order valence-electron chi connectivity index (χ4n) is 6.49. The van der Waals surface area contributed by atoms with Crippen LogP contribution in [0.25, 0.3) is 10.8 Å². The Morgan fingerprint density at radius 3 is 2.17 bits per heavy atom. The fourth-order valence-corrected chi connectivity index (χ4v) is 6.49. The summed E-state index contributed by atoms with van der Waals surface area (Å²) < 4.78 is 0. The highest BCUT2D eigenvalue weighted by molar-refractivity contribution is 5.85. The molecule has 40 heavy (non-hydrogen) atoms. The van der Waals surface area contributed by atoms with Crippen molar-refractivity contribution in [2.75, 3.05) is 13.1 Å². The normalized spacial score (nSPS) is 19.6. The molecule has 1 aliphatic heterocycles. The van der Waals surface area contributed by atoms with Crippen molar-refractivity contribution < 1.29 is 9.59 Å². The monoisotopic (exact) mass is 540 g/mol. The molecular formula is C34H44N4O2. The Labute approximate surface area is 238 Å². The van der Waals surface area contributed by atoms with Crippen LogP contribution in [-0.2, 0) is 22.6 Å². The van der Waals surface area contributed by atoms with E-state index in [1.807, 2.05) is 24.4 Å². The summed E-state index contributed by atoms with van der Waals surface area (Å²) in [4.78, 5) is 28.8. The van der Waals surface area contributed by atoms with E-state index in [1.54, 1.807) is 0 Å². The van der Waals surface area contributed by atoms with E-state index in [1.165, 1.54) is 55.0 Å². The maximum absolute atomic E-state index is 12.2. The number of amides is 2. The summed E-state index contributed by atoms with van der Waals surface area (Å²) >= 11 is 0. The van der Waals surface area contributed by atoms with E-state index in [9.17, 15) is 9.59 Å². The quantitative estimate of drug-likeness (QED) is 0.358. The van der Waals surface area contributed by atoms with Crippen molar-refractivity contribution in [1.29, 1.82) is 0 Å². The number of fused-ring (bicyclic) bond motifs is 2. The SMILES string of the molecule is O=C(NC[C@@H]1NCCc2ccccc21)C1CCCCC1.O=C(NCc1nccc2ccccc12)C1CCCCC1. The Morgan fingerprint density at radius 2 is 1.43 bits per heavy atom. The number of hydrogen-bond donors (Lipinski definition) is 3. The maximum Gasteiger partial charge on any atom is 0.223 e. The summed E-state index contributed by atoms with van der Waals surface area (Å²) in [5, 5.41) is 12.0. The van der Waals surface area contributed by atoms with Gasteiger partial charge in [-0.25, -0.2) is 0 Å². The Morgan fingerprint density at radius 1 is 0.775 bits per heavy atom. The lowest BCUT2D eigenvalue weighted by molar-refractivity contribution is -0.126. The van der Waals surface area contributed by atoms with Crippen LogP contribution in [0, 0.1) is 11.8 Å². The van der Waals surface area contributed by atoms with Crippen molar-refractivity contribution in [3.05, 3.63) is 77.6 Å². The molecular weight excluding hydrogens is 496 g/mol. The first-order valence-electron chi connectivity index (χ1n) is 15.4. The summed E-state index contributed by atoms with van der Waals surface area (Å²) in [6, 6.07) is 19.0. The summed E-state index contributed by atoms with van der Waals surface area (Å²) in [6.07, 6.45) is 14.5. The molecule has 2 saturated carbocycles. The number of nitrogens with zero attached hydrogens (tertiary/aromatic N) is 1. The van der Waals surface area contributed by atoms with Crippen LogP contribution < -0.4 is 16.0 Å². The number of aromatic nitrogens is 1. The lowest BCUT2D eigenvalue weighted by atomic mass is 9.88.